The number of fused-ring (bicyclic) bond motifs is 1. The summed E-state index contributed by atoms with van der Waals surface area (Å²) in [5, 5.41) is 17.8. The van der Waals surface area contributed by atoms with E-state index in [1.165, 1.54) is 6.92 Å². The van der Waals surface area contributed by atoms with Gasteiger partial charge >= 0.3 is 5.97 Å². The number of rotatable bonds is 14. The van der Waals surface area contributed by atoms with Crippen molar-refractivity contribution in [2.24, 2.45) is 17.4 Å². The van der Waals surface area contributed by atoms with Gasteiger partial charge in [0.15, 0.2) is 0 Å². The van der Waals surface area contributed by atoms with E-state index >= 15 is 0 Å². The summed E-state index contributed by atoms with van der Waals surface area (Å²) in [6.07, 6.45) is 2.15. The Morgan fingerprint density at radius 3 is 2.30 bits per heavy atom. The van der Waals surface area contributed by atoms with Gasteiger partial charge in [-0.15, -0.1) is 0 Å². The third kappa shape index (κ3) is 8.31. The second-order valence-electron chi connectivity index (χ2n) is 9.18. The number of hydrogen-bond acceptors (Lipinski definition) is 6. The standard InChI is InChI=1S/C25H36N6O6/c1-4-13(2)21(24(35)30-19(25(36)37)9-10-20(27)32)31-22(33)14(3)29-23(34)17(26)11-15-12-28-18-8-6-5-7-16(15)18/h5-8,12-14,17,19,21,28H,4,9-11,26H2,1-3H3,(H2,27,32)(H,29,34)(H,30,35)(H,31,33)(H,36,37). The topological polar surface area (TPSA) is 209 Å². The van der Waals surface area contributed by atoms with Crippen molar-refractivity contribution in [1.82, 2.24) is 20.9 Å². The Morgan fingerprint density at radius 1 is 1.00 bits per heavy atom. The number of aromatic amines is 1. The van der Waals surface area contributed by atoms with E-state index in [1.54, 1.807) is 13.1 Å². The van der Waals surface area contributed by atoms with Gasteiger partial charge in [-0.2, -0.15) is 0 Å². The minimum absolute atomic E-state index is 0.182. The van der Waals surface area contributed by atoms with Crippen molar-refractivity contribution in [2.75, 3.05) is 0 Å². The van der Waals surface area contributed by atoms with Gasteiger partial charge in [0.25, 0.3) is 0 Å². The van der Waals surface area contributed by atoms with Crippen LogP contribution in [0.5, 0.6) is 0 Å². The van der Waals surface area contributed by atoms with Crippen LogP contribution in [0.4, 0.5) is 0 Å². The molecule has 0 bridgehead atoms. The number of primary amides is 1. The molecule has 0 fully saturated rings. The molecular formula is C25H36N6O6. The summed E-state index contributed by atoms with van der Waals surface area (Å²) in [6, 6.07) is 3.29. The van der Waals surface area contributed by atoms with E-state index in [2.05, 4.69) is 20.9 Å². The number of amides is 4. The number of nitrogens with one attached hydrogen (secondary N) is 4. The molecule has 5 atom stereocenters. The molecule has 12 nitrogen and oxygen atoms in total. The van der Waals surface area contributed by atoms with Crippen molar-refractivity contribution in [3.05, 3.63) is 36.0 Å². The first kappa shape index (κ1) is 29.3. The number of carboxylic acids is 1. The number of nitrogens with two attached hydrogens (primary N) is 2. The van der Waals surface area contributed by atoms with E-state index in [-0.39, 0.29) is 25.2 Å². The summed E-state index contributed by atoms with van der Waals surface area (Å²) >= 11 is 0. The maximum Gasteiger partial charge on any atom is 0.326 e. The molecule has 0 radical (unpaired) electrons. The van der Waals surface area contributed by atoms with Gasteiger partial charge in [0, 0.05) is 23.5 Å². The lowest BCUT2D eigenvalue weighted by Gasteiger charge is -2.27. The molecule has 1 aromatic carbocycles. The molecule has 202 valence electrons. The molecule has 0 aliphatic carbocycles. The molecule has 9 N–H and O–H groups in total. The van der Waals surface area contributed by atoms with E-state index in [1.807, 2.05) is 31.2 Å². The highest BCUT2D eigenvalue weighted by Crippen LogP contribution is 2.18. The minimum atomic E-state index is -1.34. The molecule has 0 aliphatic rings. The molecule has 2 aromatic rings. The SMILES string of the molecule is CCC(C)C(NC(=O)C(C)NC(=O)C(N)Cc1c[nH]c2ccccc12)C(=O)NC(CCC(N)=O)C(=O)O. The fourth-order valence-corrected chi connectivity index (χ4v) is 3.80. The smallest absolute Gasteiger partial charge is 0.326 e. The number of benzene rings is 1. The molecule has 1 heterocycles. The second-order valence-corrected chi connectivity index (χ2v) is 9.18. The van der Waals surface area contributed by atoms with Crippen LogP contribution in [0.3, 0.4) is 0 Å². The maximum absolute atomic E-state index is 12.9. The quantitative estimate of drug-likeness (QED) is 0.181. The fourth-order valence-electron chi connectivity index (χ4n) is 3.80. The molecule has 4 amide bonds. The van der Waals surface area contributed by atoms with Crippen molar-refractivity contribution >= 4 is 40.5 Å². The Hall–Kier alpha value is -3.93. The van der Waals surface area contributed by atoms with Crippen LogP contribution in [0.1, 0.15) is 45.6 Å². The highest BCUT2D eigenvalue weighted by Gasteiger charge is 2.31. The van der Waals surface area contributed by atoms with Crippen LogP contribution in [-0.4, -0.2) is 63.9 Å². The number of aromatic nitrogens is 1. The lowest BCUT2D eigenvalue weighted by atomic mass is 9.97. The number of carbonyl (C=O) groups is 5. The van der Waals surface area contributed by atoms with E-state index < -0.39 is 53.8 Å². The summed E-state index contributed by atoms with van der Waals surface area (Å²) in [7, 11) is 0. The monoisotopic (exact) mass is 516 g/mol. The van der Waals surface area contributed by atoms with Crippen LogP contribution < -0.4 is 27.4 Å². The van der Waals surface area contributed by atoms with E-state index in [4.69, 9.17) is 11.5 Å². The number of aliphatic carboxylic acids is 1. The zero-order valence-corrected chi connectivity index (χ0v) is 21.2. The predicted octanol–water partition coefficient (Wildman–Crippen LogP) is -0.0918. The fraction of sp³-hybridized carbons (Fsp3) is 0.480. The first-order valence-corrected chi connectivity index (χ1v) is 12.2. The Bertz CT molecular complexity index is 1130. The van der Waals surface area contributed by atoms with Crippen LogP contribution in [0.25, 0.3) is 10.9 Å². The Kier molecular flexibility index (Phi) is 10.6. The molecule has 0 aliphatic heterocycles. The molecule has 0 saturated heterocycles. The Balaban J connectivity index is 2.00. The van der Waals surface area contributed by atoms with Gasteiger partial charge in [0.1, 0.15) is 18.1 Å². The summed E-state index contributed by atoms with van der Waals surface area (Å²) < 4.78 is 0. The summed E-state index contributed by atoms with van der Waals surface area (Å²) in [4.78, 5) is 64.0. The Labute approximate surface area is 214 Å². The number of H-pyrrole nitrogens is 1. The zero-order chi connectivity index (χ0) is 27.7. The van der Waals surface area contributed by atoms with Gasteiger partial charge in [-0.3, -0.25) is 19.2 Å². The average molecular weight is 517 g/mol. The zero-order valence-electron chi connectivity index (χ0n) is 21.2. The third-order valence-electron chi connectivity index (χ3n) is 6.29. The summed E-state index contributed by atoms with van der Waals surface area (Å²) in [6.45, 7) is 5.00. The van der Waals surface area contributed by atoms with Crippen molar-refractivity contribution in [3.63, 3.8) is 0 Å². The highest BCUT2D eigenvalue weighted by molar-refractivity contribution is 5.94. The molecular weight excluding hydrogens is 480 g/mol. The van der Waals surface area contributed by atoms with E-state index in [9.17, 15) is 29.1 Å². The first-order valence-electron chi connectivity index (χ1n) is 12.2. The predicted molar refractivity (Wildman–Crippen MR) is 137 cm³/mol. The van der Waals surface area contributed by atoms with Crippen molar-refractivity contribution in [3.8, 4) is 0 Å². The number of carboxylic acid groups (broad SMARTS) is 1. The van der Waals surface area contributed by atoms with Crippen molar-refractivity contribution in [1.29, 1.82) is 0 Å². The lowest BCUT2D eigenvalue weighted by Crippen LogP contribution is -2.58. The third-order valence-corrected chi connectivity index (χ3v) is 6.29. The molecule has 5 unspecified atom stereocenters. The lowest BCUT2D eigenvalue weighted by molar-refractivity contribution is -0.143. The van der Waals surface area contributed by atoms with Crippen molar-refractivity contribution < 1.29 is 29.1 Å². The number of hydrogen-bond donors (Lipinski definition) is 7. The highest BCUT2D eigenvalue weighted by atomic mass is 16.4. The minimum Gasteiger partial charge on any atom is -0.480 e. The van der Waals surface area contributed by atoms with Gasteiger partial charge < -0.3 is 37.5 Å². The van der Waals surface area contributed by atoms with Crippen LogP contribution >= 0.6 is 0 Å². The van der Waals surface area contributed by atoms with Gasteiger partial charge in [0.2, 0.25) is 23.6 Å². The maximum atomic E-state index is 12.9. The van der Waals surface area contributed by atoms with Gasteiger partial charge in [-0.1, -0.05) is 38.5 Å². The van der Waals surface area contributed by atoms with Crippen LogP contribution in [-0.2, 0) is 30.4 Å². The number of para-hydroxylation sites is 1. The second kappa shape index (κ2) is 13.4. The molecule has 2 rings (SSSR count). The van der Waals surface area contributed by atoms with Crippen molar-refractivity contribution in [2.45, 2.75) is 70.6 Å². The van der Waals surface area contributed by atoms with Gasteiger partial charge in [-0.05, 0) is 37.3 Å². The van der Waals surface area contributed by atoms with E-state index in [0.29, 0.717) is 6.42 Å². The normalized spacial score (nSPS) is 15.1. The summed E-state index contributed by atoms with van der Waals surface area (Å²) in [5.41, 5.74) is 13.0. The van der Waals surface area contributed by atoms with Crippen LogP contribution in [0, 0.1) is 5.92 Å². The molecule has 1 aromatic heterocycles. The molecule has 12 heteroatoms. The number of carbonyl (C=O) groups excluding carboxylic acids is 4. The molecule has 37 heavy (non-hydrogen) atoms. The van der Waals surface area contributed by atoms with E-state index in [0.717, 1.165) is 16.5 Å². The largest absolute Gasteiger partial charge is 0.480 e. The molecule has 0 saturated carbocycles. The molecule has 0 spiro atoms. The average Bonchev–Trinajstić information content (AvgIpc) is 3.26. The van der Waals surface area contributed by atoms with Gasteiger partial charge in [-0.25, -0.2) is 4.79 Å². The van der Waals surface area contributed by atoms with Crippen LogP contribution in [0.2, 0.25) is 0 Å². The van der Waals surface area contributed by atoms with Gasteiger partial charge in [0.05, 0.1) is 6.04 Å². The van der Waals surface area contributed by atoms with Crippen LogP contribution in [0.15, 0.2) is 30.5 Å². The Morgan fingerprint density at radius 2 is 1.68 bits per heavy atom. The summed E-state index contributed by atoms with van der Waals surface area (Å²) in [5.74, 6) is -4.24. The first-order chi connectivity index (χ1) is 17.4.